The fourth-order valence-corrected chi connectivity index (χ4v) is 0. The zero-order valence-electron chi connectivity index (χ0n) is 2.77. The molecule has 0 bridgehead atoms. The van der Waals surface area contributed by atoms with Crippen molar-refractivity contribution in [2.75, 3.05) is 0 Å². The van der Waals surface area contributed by atoms with E-state index in [9.17, 15) is 4.79 Å². The second kappa shape index (κ2) is 2.29. The van der Waals surface area contributed by atoms with Gasteiger partial charge in [-0.1, -0.05) is 0 Å². The average molecular weight is 125 g/mol. The quantitative estimate of drug-likeness (QED) is 0.352. The van der Waals surface area contributed by atoms with Gasteiger partial charge < -0.3 is 0 Å². The predicted molar refractivity (Wildman–Crippen MR) is 21.0 cm³/mol. The SMILES string of the molecule is C=C[C](=O)[Ga]. The van der Waals surface area contributed by atoms with E-state index in [1.54, 1.807) is 0 Å². The van der Waals surface area contributed by atoms with Gasteiger partial charge in [0.1, 0.15) is 0 Å². The van der Waals surface area contributed by atoms with Crippen molar-refractivity contribution in [2.45, 2.75) is 0 Å². The van der Waals surface area contributed by atoms with Crippen LogP contribution in [0.5, 0.6) is 0 Å². The van der Waals surface area contributed by atoms with Crippen molar-refractivity contribution in [1.29, 1.82) is 0 Å². The molecule has 0 aromatic heterocycles. The third-order valence-electron chi connectivity index (χ3n) is 0.201. The van der Waals surface area contributed by atoms with Gasteiger partial charge in [0, 0.05) is 0 Å². The molecule has 0 rings (SSSR count). The number of hydrogen-bond donors (Lipinski definition) is 0. The van der Waals surface area contributed by atoms with Crippen LogP contribution in [0.1, 0.15) is 0 Å². The molecular weight excluding hydrogens is 122 g/mol. The first kappa shape index (κ1) is 5.05. The van der Waals surface area contributed by atoms with E-state index in [0.29, 0.717) is 0 Å². The standard InChI is InChI=1S/C3H3O.Ga/c1-2-3-4;/h2H,1H2;. The molecule has 0 N–H and O–H groups in total. The fraction of sp³-hybridized carbons (Fsp3) is 0. The van der Waals surface area contributed by atoms with Crippen LogP contribution in [0.4, 0.5) is 0 Å². The zero-order valence-corrected chi connectivity index (χ0v) is 5.19. The number of hydrogen-bond acceptors (Lipinski definition) is 1. The number of carbonyl (C=O) groups excluding carboxylic acids is 1. The van der Waals surface area contributed by atoms with E-state index in [-0.39, 0.29) is 4.34 Å². The van der Waals surface area contributed by atoms with E-state index in [2.05, 4.69) is 6.58 Å². The van der Waals surface area contributed by atoms with E-state index >= 15 is 0 Å². The Bertz CT molecular complexity index is 57.9. The zero-order chi connectivity index (χ0) is 4.28. The first-order valence-corrected chi connectivity index (χ1v) is 2.40. The van der Waals surface area contributed by atoms with Crippen molar-refractivity contribution in [1.82, 2.24) is 0 Å². The van der Waals surface area contributed by atoms with Crippen molar-refractivity contribution in [3.8, 4) is 0 Å². The molecule has 0 amide bonds. The van der Waals surface area contributed by atoms with Crippen LogP contribution in [-0.2, 0) is 4.79 Å². The van der Waals surface area contributed by atoms with Gasteiger partial charge in [0.25, 0.3) is 0 Å². The molecule has 2 heteroatoms. The van der Waals surface area contributed by atoms with Crippen molar-refractivity contribution in [2.24, 2.45) is 0 Å². The average Bonchev–Trinajstić information content (AvgIpc) is 1.38. The summed E-state index contributed by atoms with van der Waals surface area (Å²) in [5, 5.41) is 0. The van der Waals surface area contributed by atoms with E-state index in [0.717, 1.165) is 18.6 Å². The van der Waals surface area contributed by atoms with Crippen LogP contribution in [0, 0.1) is 0 Å². The molecule has 0 aromatic carbocycles. The summed E-state index contributed by atoms with van der Waals surface area (Å²) in [7, 11) is 0. The minimum absolute atomic E-state index is 0.0810. The first-order chi connectivity index (χ1) is 2.27. The van der Waals surface area contributed by atoms with Crippen LogP contribution in [0.25, 0.3) is 0 Å². The van der Waals surface area contributed by atoms with Crippen LogP contribution < -0.4 is 0 Å². The van der Waals surface area contributed by atoms with Gasteiger partial charge in [0.15, 0.2) is 0 Å². The third-order valence-corrected chi connectivity index (χ3v) is 0.696. The molecule has 5 heavy (non-hydrogen) atoms. The monoisotopic (exact) mass is 124 g/mol. The van der Waals surface area contributed by atoms with E-state index in [4.69, 9.17) is 0 Å². The summed E-state index contributed by atoms with van der Waals surface area (Å²) >= 11 is 1.08. The minimum atomic E-state index is 0.0810. The fourth-order valence-electron chi connectivity index (χ4n) is 0. The molecule has 2 radical (unpaired) electrons. The summed E-state index contributed by atoms with van der Waals surface area (Å²) < 4.78 is 0.0810. The van der Waals surface area contributed by atoms with Crippen LogP contribution in [-0.4, -0.2) is 22.9 Å². The Labute approximate surface area is 41.0 Å². The molecule has 0 fully saturated rings. The van der Waals surface area contributed by atoms with Gasteiger partial charge in [0.05, 0.1) is 0 Å². The second-order valence-corrected chi connectivity index (χ2v) is 1.80. The Balaban J connectivity index is 3.20. The van der Waals surface area contributed by atoms with Gasteiger partial charge in [-0.2, -0.15) is 0 Å². The molecule has 0 heterocycles. The Morgan fingerprint density at radius 2 is 2.20 bits per heavy atom. The van der Waals surface area contributed by atoms with Crippen molar-refractivity contribution in [3.63, 3.8) is 0 Å². The molecule has 0 unspecified atom stereocenters. The molecule has 0 aliphatic carbocycles. The van der Waals surface area contributed by atoms with Gasteiger partial charge >= 0.3 is 40.4 Å². The summed E-state index contributed by atoms with van der Waals surface area (Å²) in [6.07, 6.45) is 1.31. The van der Waals surface area contributed by atoms with Crippen molar-refractivity contribution in [3.05, 3.63) is 12.7 Å². The molecule has 0 saturated heterocycles. The third kappa shape index (κ3) is 4.05. The summed E-state index contributed by atoms with van der Waals surface area (Å²) in [6.45, 7) is 3.23. The van der Waals surface area contributed by atoms with Gasteiger partial charge in [-0.3, -0.25) is 0 Å². The van der Waals surface area contributed by atoms with Crippen molar-refractivity contribution >= 4 is 22.9 Å². The summed E-state index contributed by atoms with van der Waals surface area (Å²) in [4.78, 5) is 9.72. The molecule has 0 aliphatic rings. The van der Waals surface area contributed by atoms with Crippen LogP contribution >= 0.6 is 0 Å². The Hall–Kier alpha value is 0.0464. The summed E-state index contributed by atoms with van der Waals surface area (Å²) in [5.74, 6) is 0. The normalized spacial score (nSPS) is 6.40. The number of rotatable bonds is 1. The van der Waals surface area contributed by atoms with Crippen LogP contribution in [0.3, 0.4) is 0 Å². The van der Waals surface area contributed by atoms with E-state index in [1.165, 1.54) is 6.08 Å². The van der Waals surface area contributed by atoms with Crippen molar-refractivity contribution < 1.29 is 4.79 Å². The Morgan fingerprint density at radius 3 is 2.20 bits per heavy atom. The van der Waals surface area contributed by atoms with Gasteiger partial charge in [-0.25, -0.2) is 0 Å². The van der Waals surface area contributed by atoms with E-state index < -0.39 is 0 Å². The Morgan fingerprint density at radius 1 is 2.00 bits per heavy atom. The summed E-state index contributed by atoms with van der Waals surface area (Å²) in [5.41, 5.74) is 0. The maximum absolute atomic E-state index is 9.72. The van der Waals surface area contributed by atoms with Gasteiger partial charge in [0.2, 0.25) is 0 Å². The molecule has 0 atom stereocenters. The molecule has 0 aromatic rings. The number of allylic oxidation sites excluding steroid dienone is 1. The molecule has 24 valence electrons. The number of carbonyl (C=O) groups is 1. The molecule has 0 spiro atoms. The molecule has 0 aliphatic heterocycles. The van der Waals surface area contributed by atoms with E-state index in [1.807, 2.05) is 0 Å². The first-order valence-electron chi connectivity index (χ1n) is 1.19. The molecule has 1 nitrogen and oxygen atoms in total. The molecule has 0 saturated carbocycles. The van der Waals surface area contributed by atoms with Crippen LogP contribution in [0.15, 0.2) is 12.7 Å². The summed E-state index contributed by atoms with van der Waals surface area (Å²) in [6, 6.07) is 0. The Kier molecular flexibility index (Phi) is 2.31. The van der Waals surface area contributed by atoms with Gasteiger partial charge in [-0.15, -0.1) is 0 Å². The second-order valence-electron chi connectivity index (χ2n) is 0.606. The predicted octanol–water partition coefficient (Wildman–Crippen LogP) is -0.133. The van der Waals surface area contributed by atoms with Gasteiger partial charge in [-0.05, 0) is 0 Å². The van der Waals surface area contributed by atoms with Crippen LogP contribution in [0.2, 0.25) is 0 Å². The topological polar surface area (TPSA) is 17.1 Å². The molecular formula is C3H3GaO. The maximum atomic E-state index is 9.72.